The van der Waals surface area contributed by atoms with Crippen molar-refractivity contribution in [2.24, 2.45) is 0 Å². The van der Waals surface area contributed by atoms with Crippen molar-refractivity contribution in [1.82, 2.24) is 14.9 Å². The molecule has 26 heavy (non-hydrogen) atoms. The lowest BCUT2D eigenvalue weighted by Crippen LogP contribution is -2.49. The van der Waals surface area contributed by atoms with Crippen LogP contribution in [0, 0.1) is 12.7 Å². The maximum Gasteiger partial charge on any atom is 0.253 e. The number of carbonyl (C=O) groups excluding carboxylic acids is 1. The van der Waals surface area contributed by atoms with Crippen LogP contribution in [0.4, 0.5) is 4.39 Å². The fraction of sp³-hybridized carbons (Fsp3) is 0.300. The maximum absolute atomic E-state index is 13.2. The van der Waals surface area contributed by atoms with Crippen LogP contribution in [0.2, 0.25) is 5.02 Å². The van der Waals surface area contributed by atoms with E-state index in [0.717, 1.165) is 35.7 Å². The first-order valence-corrected chi connectivity index (χ1v) is 8.97. The van der Waals surface area contributed by atoms with Crippen LogP contribution in [-0.2, 0) is 12.8 Å². The lowest BCUT2D eigenvalue weighted by molar-refractivity contribution is 0.0898. The van der Waals surface area contributed by atoms with Gasteiger partial charge in [0.05, 0.1) is 21.8 Å². The van der Waals surface area contributed by atoms with Crippen LogP contribution in [0.1, 0.15) is 40.5 Å². The second-order valence-corrected chi connectivity index (χ2v) is 7.68. The number of halogens is 2. The highest BCUT2D eigenvalue weighted by Crippen LogP contribution is 2.31. The molecule has 0 saturated heterocycles. The zero-order valence-corrected chi connectivity index (χ0v) is 15.4. The molecule has 0 spiro atoms. The third-order valence-electron chi connectivity index (χ3n) is 5.03. The molecule has 6 heteroatoms. The molecule has 134 valence electrons. The summed E-state index contributed by atoms with van der Waals surface area (Å²) in [6.07, 6.45) is 4.29. The molecule has 1 aliphatic carbocycles. The Labute approximate surface area is 156 Å². The Morgan fingerprint density at radius 2 is 2.15 bits per heavy atom. The van der Waals surface area contributed by atoms with Crippen LogP contribution in [-0.4, -0.2) is 21.1 Å². The Morgan fingerprint density at radius 1 is 1.35 bits per heavy atom. The summed E-state index contributed by atoms with van der Waals surface area (Å²) in [5.41, 5.74) is 4.36. The van der Waals surface area contributed by atoms with Gasteiger partial charge in [0, 0.05) is 17.3 Å². The molecule has 0 saturated carbocycles. The van der Waals surface area contributed by atoms with Crippen LogP contribution in [0.5, 0.6) is 0 Å². The van der Waals surface area contributed by atoms with Crippen LogP contribution in [0.3, 0.4) is 0 Å². The van der Waals surface area contributed by atoms with E-state index in [1.54, 1.807) is 0 Å². The smallest absolute Gasteiger partial charge is 0.253 e. The zero-order chi connectivity index (χ0) is 18.5. The molecule has 3 aromatic rings. The normalized spacial score (nSPS) is 19.4. The van der Waals surface area contributed by atoms with Gasteiger partial charge in [-0.15, -0.1) is 0 Å². The number of nitrogens with one attached hydrogen (secondary N) is 1. The molecular formula is C20H19ClFN3O. The van der Waals surface area contributed by atoms with Gasteiger partial charge in [0.25, 0.3) is 5.91 Å². The molecule has 0 radical (unpaired) electrons. The van der Waals surface area contributed by atoms with Gasteiger partial charge < -0.3 is 5.32 Å². The van der Waals surface area contributed by atoms with Crippen molar-refractivity contribution in [1.29, 1.82) is 0 Å². The SMILES string of the molecule is Cc1ccc2c3c(nn2c1)CCC(C)(NC(=O)c1ccc(F)cc1Cl)C3. The summed E-state index contributed by atoms with van der Waals surface area (Å²) in [6, 6.07) is 7.97. The van der Waals surface area contributed by atoms with E-state index in [4.69, 9.17) is 11.6 Å². The van der Waals surface area contributed by atoms with E-state index < -0.39 is 11.4 Å². The van der Waals surface area contributed by atoms with Gasteiger partial charge in [0.15, 0.2) is 0 Å². The molecule has 1 aromatic carbocycles. The molecule has 0 aliphatic heterocycles. The maximum atomic E-state index is 13.2. The fourth-order valence-electron chi connectivity index (χ4n) is 3.64. The molecule has 0 bridgehead atoms. The van der Waals surface area contributed by atoms with Gasteiger partial charge in [-0.1, -0.05) is 17.7 Å². The van der Waals surface area contributed by atoms with E-state index in [2.05, 4.69) is 22.5 Å². The van der Waals surface area contributed by atoms with Crippen molar-refractivity contribution in [3.63, 3.8) is 0 Å². The van der Waals surface area contributed by atoms with Crippen molar-refractivity contribution in [2.45, 2.75) is 38.6 Å². The summed E-state index contributed by atoms with van der Waals surface area (Å²) < 4.78 is 15.1. The molecular weight excluding hydrogens is 353 g/mol. The first-order valence-electron chi connectivity index (χ1n) is 8.59. The largest absolute Gasteiger partial charge is 0.346 e. The summed E-state index contributed by atoms with van der Waals surface area (Å²) in [5.74, 6) is -0.741. The Bertz CT molecular complexity index is 1030. The average molecular weight is 372 g/mol. The summed E-state index contributed by atoms with van der Waals surface area (Å²) in [4.78, 5) is 12.7. The predicted molar refractivity (Wildman–Crippen MR) is 99.2 cm³/mol. The molecule has 1 aliphatic rings. The van der Waals surface area contributed by atoms with Gasteiger partial charge in [0.2, 0.25) is 0 Å². The van der Waals surface area contributed by atoms with Crippen molar-refractivity contribution in [3.05, 3.63) is 69.8 Å². The number of nitrogens with zero attached hydrogens (tertiary/aromatic N) is 2. The van der Waals surface area contributed by atoms with E-state index in [1.807, 2.05) is 24.6 Å². The van der Waals surface area contributed by atoms with Crippen LogP contribution in [0.25, 0.3) is 5.52 Å². The fourth-order valence-corrected chi connectivity index (χ4v) is 3.89. The number of benzene rings is 1. The molecule has 4 nitrogen and oxygen atoms in total. The molecule has 1 amide bonds. The van der Waals surface area contributed by atoms with Gasteiger partial charge in [-0.3, -0.25) is 4.79 Å². The first kappa shape index (κ1) is 17.0. The van der Waals surface area contributed by atoms with Crippen molar-refractivity contribution >= 4 is 23.0 Å². The Morgan fingerprint density at radius 3 is 2.92 bits per heavy atom. The number of aromatic nitrogens is 2. The van der Waals surface area contributed by atoms with E-state index in [1.165, 1.54) is 17.7 Å². The van der Waals surface area contributed by atoms with Crippen molar-refractivity contribution in [2.75, 3.05) is 0 Å². The third kappa shape index (κ3) is 2.97. The number of aryl methyl sites for hydroxylation is 2. The average Bonchev–Trinajstić information content (AvgIpc) is 2.90. The van der Waals surface area contributed by atoms with Crippen molar-refractivity contribution in [3.8, 4) is 0 Å². The Hall–Kier alpha value is -2.40. The zero-order valence-electron chi connectivity index (χ0n) is 14.6. The minimum atomic E-state index is -0.457. The Balaban J connectivity index is 1.62. The predicted octanol–water partition coefficient (Wildman–Crippen LogP) is 4.11. The molecule has 1 atom stereocenters. The van der Waals surface area contributed by atoms with Crippen LogP contribution < -0.4 is 5.32 Å². The highest BCUT2D eigenvalue weighted by Gasteiger charge is 2.34. The lowest BCUT2D eigenvalue weighted by Gasteiger charge is -2.34. The number of fused-ring (bicyclic) bond motifs is 3. The summed E-state index contributed by atoms with van der Waals surface area (Å²) >= 11 is 6.03. The minimum Gasteiger partial charge on any atom is -0.346 e. The topological polar surface area (TPSA) is 46.4 Å². The van der Waals surface area contributed by atoms with Gasteiger partial charge in [-0.2, -0.15) is 5.10 Å². The number of hydrogen-bond donors (Lipinski definition) is 1. The van der Waals surface area contributed by atoms with E-state index in [9.17, 15) is 9.18 Å². The van der Waals surface area contributed by atoms with Crippen LogP contribution >= 0.6 is 11.6 Å². The van der Waals surface area contributed by atoms with E-state index in [-0.39, 0.29) is 16.5 Å². The van der Waals surface area contributed by atoms with Gasteiger partial charge in [-0.05, 0) is 62.9 Å². The number of carbonyl (C=O) groups is 1. The van der Waals surface area contributed by atoms with Gasteiger partial charge in [0.1, 0.15) is 5.82 Å². The molecule has 0 fully saturated rings. The second-order valence-electron chi connectivity index (χ2n) is 7.28. The van der Waals surface area contributed by atoms with Gasteiger partial charge in [-0.25, -0.2) is 8.91 Å². The monoisotopic (exact) mass is 371 g/mol. The number of amides is 1. The summed E-state index contributed by atoms with van der Waals surface area (Å²) in [7, 11) is 0. The minimum absolute atomic E-state index is 0.119. The number of rotatable bonds is 2. The second kappa shape index (κ2) is 6.09. The first-order chi connectivity index (χ1) is 12.3. The molecule has 1 unspecified atom stereocenters. The Kier molecular flexibility index (Phi) is 3.99. The summed E-state index contributed by atoms with van der Waals surface area (Å²) in [6.45, 7) is 4.07. The highest BCUT2D eigenvalue weighted by molar-refractivity contribution is 6.33. The number of hydrogen-bond acceptors (Lipinski definition) is 2. The molecule has 4 rings (SSSR count). The van der Waals surface area contributed by atoms with E-state index in [0.29, 0.717) is 6.42 Å². The lowest BCUT2D eigenvalue weighted by atomic mass is 9.81. The number of pyridine rings is 1. The molecule has 2 heterocycles. The van der Waals surface area contributed by atoms with Gasteiger partial charge >= 0.3 is 0 Å². The summed E-state index contributed by atoms with van der Waals surface area (Å²) in [5, 5.41) is 7.90. The van der Waals surface area contributed by atoms with E-state index >= 15 is 0 Å². The van der Waals surface area contributed by atoms with Crippen molar-refractivity contribution < 1.29 is 9.18 Å². The highest BCUT2D eigenvalue weighted by atomic mass is 35.5. The standard InChI is InChI=1S/C20H19ClFN3O/c1-12-3-6-18-15-10-20(2,8-7-17(15)24-25(18)11-12)23-19(26)14-5-4-13(22)9-16(14)21/h3-6,9,11H,7-8,10H2,1-2H3,(H,23,26). The van der Waals surface area contributed by atoms with Crippen LogP contribution in [0.15, 0.2) is 36.5 Å². The quantitative estimate of drug-likeness (QED) is 0.736. The third-order valence-corrected chi connectivity index (χ3v) is 5.35. The molecule has 2 aromatic heterocycles. The molecule has 1 N–H and O–H groups in total.